The number of carbonyl (C=O) groups is 1. The summed E-state index contributed by atoms with van der Waals surface area (Å²) in [5.74, 6) is -0.139. The fraction of sp³-hybridized carbons (Fsp3) is 0.560. The maximum atomic E-state index is 11.4. The van der Waals surface area contributed by atoms with E-state index in [1.54, 1.807) is 6.08 Å². The van der Waals surface area contributed by atoms with E-state index in [0.29, 0.717) is 32.2 Å². The number of aryl methyl sites for hydroxylation is 1. The van der Waals surface area contributed by atoms with Crippen LogP contribution in [0.2, 0.25) is 0 Å². The number of carbonyl (C=O) groups excluding carboxylic acids is 1. The molecule has 0 aromatic heterocycles. The molecule has 0 radical (unpaired) electrons. The predicted octanol–water partition coefficient (Wildman–Crippen LogP) is 3.15. The third-order valence-corrected chi connectivity index (χ3v) is 5.77. The third kappa shape index (κ3) is 8.42. The quantitative estimate of drug-likeness (QED) is 0.312. The lowest BCUT2D eigenvalue weighted by Gasteiger charge is -2.19. The zero-order valence-electron chi connectivity index (χ0n) is 18.0. The van der Waals surface area contributed by atoms with Crippen molar-refractivity contribution in [2.75, 3.05) is 6.54 Å². The van der Waals surface area contributed by atoms with E-state index in [1.165, 1.54) is 5.56 Å². The van der Waals surface area contributed by atoms with Crippen LogP contribution < -0.4 is 5.32 Å². The van der Waals surface area contributed by atoms with Gasteiger partial charge in [-0.05, 0) is 50.5 Å². The van der Waals surface area contributed by atoms with Crippen molar-refractivity contribution in [3.63, 3.8) is 0 Å². The molecule has 0 aliphatic heterocycles. The van der Waals surface area contributed by atoms with Crippen LogP contribution in [0.5, 0.6) is 0 Å². The molecule has 5 nitrogen and oxygen atoms in total. The van der Waals surface area contributed by atoms with Crippen LogP contribution in [0, 0.1) is 11.8 Å². The Bertz CT molecular complexity index is 673. The van der Waals surface area contributed by atoms with Gasteiger partial charge in [-0.1, -0.05) is 54.6 Å². The standard InChI is InChI=1S/C25H37NO4/c1-2-26-25(30)13-9-4-3-8-12-21-22(24(29)18-23(21)28)17-16-20(27)15-14-19-10-6-5-7-11-19/h3,5-8,10-11,16-17,20-24,27-29H,2,4,9,12-15,18H2,1H3,(H,26,30)/b8-3+,17-16+. The molecule has 1 aliphatic carbocycles. The molecule has 5 heteroatoms. The second-order valence-corrected chi connectivity index (χ2v) is 8.14. The summed E-state index contributed by atoms with van der Waals surface area (Å²) in [7, 11) is 0. The topological polar surface area (TPSA) is 89.8 Å². The first-order valence-corrected chi connectivity index (χ1v) is 11.2. The van der Waals surface area contributed by atoms with Gasteiger partial charge in [-0.15, -0.1) is 0 Å². The normalized spacial score (nSPS) is 25.2. The number of hydrogen-bond donors (Lipinski definition) is 4. The molecular formula is C25H37NO4. The van der Waals surface area contributed by atoms with E-state index >= 15 is 0 Å². The van der Waals surface area contributed by atoms with Gasteiger partial charge >= 0.3 is 0 Å². The first-order valence-electron chi connectivity index (χ1n) is 11.2. The SMILES string of the molecule is CCNC(=O)CCC/C=C/CC1C(O)CC(O)C1/C=C/C(O)CCc1ccccc1. The fourth-order valence-electron chi connectivity index (χ4n) is 4.06. The molecule has 0 spiro atoms. The summed E-state index contributed by atoms with van der Waals surface area (Å²) >= 11 is 0. The number of unbranched alkanes of at least 4 members (excludes halogenated alkanes) is 1. The minimum absolute atomic E-state index is 0.0581. The predicted molar refractivity (Wildman–Crippen MR) is 120 cm³/mol. The average molecular weight is 416 g/mol. The Morgan fingerprint density at radius 3 is 2.70 bits per heavy atom. The van der Waals surface area contributed by atoms with Crippen molar-refractivity contribution in [3.8, 4) is 0 Å². The molecule has 0 bridgehead atoms. The van der Waals surface area contributed by atoms with E-state index < -0.39 is 18.3 Å². The maximum Gasteiger partial charge on any atom is 0.219 e. The Morgan fingerprint density at radius 2 is 1.97 bits per heavy atom. The van der Waals surface area contributed by atoms with Crippen LogP contribution in [0.3, 0.4) is 0 Å². The van der Waals surface area contributed by atoms with E-state index in [0.717, 1.165) is 19.3 Å². The molecule has 5 atom stereocenters. The van der Waals surface area contributed by atoms with E-state index in [9.17, 15) is 20.1 Å². The molecule has 1 aromatic carbocycles. The van der Waals surface area contributed by atoms with Crippen LogP contribution >= 0.6 is 0 Å². The summed E-state index contributed by atoms with van der Waals surface area (Å²) in [6, 6.07) is 10.1. The van der Waals surface area contributed by atoms with Gasteiger partial charge in [0.2, 0.25) is 5.91 Å². The van der Waals surface area contributed by atoms with Crippen LogP contribution in [0.25, 0.3) is 0 Å². The second kappa shape index (κ2) is 13.4. The monoisotopic (exact) mass is 415 g/mol. The lowest BCUT2D eigenvalue weighted by Crippen LogP contribution is -2.21. The van der Waals surface area contributed by atoms with Crippen molar-refractivity contribution in [1.82, 2.24) is 5.32 Å². The zero-order valence-corrected chi connectivity index (χ0v) is 18.0. The number of benzene rings is 1. The minimum Gasteiger partial charge on any atom is -0.393 e. The molecule has 4 N–H and O–H groups in total. The third-order valence-electron chi connectivity index (χ3n) is 5.77. The van der Waals surface area contributed by atoms with Crippen LogP contribution in [0.1, 0.15) is 51.0 Å². The van der Waals surface area contributed by atoms with Gasteiger partial charge in [0.1, 0.15) is 0 Å². The highest BCUT2D eigenvalue weighted by Gasteiger charge is 2.39. The van der Waals surface area contributed by atoms with Gasteiger partial charge < -0.3 is 20.6 Å². The van der Waals surface area contributed by atoms with E-state index in [-0.39, 0.29) is 17.7 Å². The van der Waals surface area contributed by atoms with Gasteiger partial charge in [-0.2, -0.15) is 0 Å². The van der Waals surface area contributed by atoms with Crippen molar-refractivity contribution in [1.29, 1.82) is 0 Å². The Hall–Kier alpha value is -1.95. The second-order valence-electron chi connectivity index (χ2n) is 8.14. The molecular weight excluding hydrogens is 378 g/mol. The first kappa shape index (κ1) is 24.3. The summed E-state index contributed by atoms with van der Waals surface area (Å²) in [5.41, 5.74) is 1.19. The van der Waals surface area contributed by atoms with Gasteiger partial charge in [0.15, 0.2) is 0 Å². The Balaban J connectivity index is 1.78. The summed E-state index contributed by atoms with van der Waals surface area (Å²) in [6.45, 7) is 2.57. The van der Waals surface area contributed by atoms with Gasteiger partial charge in [0.05, 0.1) is 18.3 Å². The summed E-state index contributed by atoms with van der Waals surface area (Å²) in [4.78, 5) is 11.4. The van der Waals surface area contributed by atoms with Crippen LogP contribution in [-0.2, 0) is 11.2 Å². The molecule has 1 saturated carbocycles. The highest BCUT2D eigenvalue weighted by molar-refractivity contribution is 5.75. The number of nitrogens with one attached hydrogen (secondary N) is 1. The average Bonchev–Trinajstić information content (AvgIpc) is 3.00. The molecule has 5 unspecified atom stereocenters. The number of amides is 1. The molecule has 1 aliphatic rings. The Morgan fingerprint density at radius 1 is 1.20 bits per heavy atom. The minimum atomic E-state index is -0.589. The van der Waals surface area contributed by atoms with Crippen molar-refractivity contribution in [2.45, 2.75) is 70.2 Å². The van der Waals surface area contributed by atoms with Crippen molar-refractivity contribution >= 4 is 5.91 Å². The molecule has 0 heterocycles. The lowest BCUT2D eigenvalue weighted by atomic mass is 9.89. The molecule has 0 saturated heterocycles. The highest BCUT2D eigenvalue weighted by atomic mass is 16.3. The van der Waals surface area contributed by atoms with Crippen LogP contribution in [-0.4, -0.2) is 46.1 Å². The van der Waals surface area contributed by atoms with Gasteiger partial charge in [0, 0.05) is 25.3 Å². The highest BCUT2D eigenvalue weighted by Crippen LogP contribution is 2.36. The van der Waals surface area contributed by atoms with Crippen LogP contribution in [0.15, 0.2) is 54.6 Å². The largest absolute Gasteiger partial charge is 0.393 e. The molecule has 1 fully saturated rings. The molecule has 1 amide bonds. The van der Waals surface area contributed by atoms with Gasteiger partial charge in [-0.3, -0.25) is 4.79 Å². The van der Waals surface area contributed by atoms with E-state index in [1.807, 2.05) is 55.5 Å². The molecule has 30 heavy (non-hydrogen) atoms. The van der Waals surface area contributed by atoms with Gasteiger partial charge in [-0.25, -0.2) is 0 Å². The summed E-state index contributed by atoms with van der Waals surface area (Å²) in [6.07, 6.45) is 10.6. The Labute approximate surface area is 180 Å². The summed E-state index contributed by atoms with van der Waals surface area (Å²) in [5, 5.41) is 33.8. The maximum absolute atomic E-state index is 11.4. The van der Waals surface area contributed by atoms with Crippen molar-refractivity contribution < 1.29 is 20.1 Å². The molecule has 166 valence electrons. The fourth-order valence-corrected chi connectivity index (χ4v) is 4.06. The smallest absolute Gasteiger partial charge is 0.219 e. The summed E-state index contributed by atoms with van der Waals surface area (Å²) < 4.78 is 0. The van der Waals surface area contributed by atoms with E-state index in [2.05, 4.69) is 5.32 Å². The Kier molecular flexibility index (Phi) is 10.8. The number of aliphatic hydroxyl groups is 3. The molecule has 2 rings (SSSR count). The first-order chi connectivity index (χ1) is 14.5. The molecule has 1 aromatic rings. The van der Waals surface area contributed by atoms with Gasteiger partial charge in [0.25, 0.3) is 0 Å². The van der Waals surface area contributed by atoms with Crippen molar-refractivity contribution in [2.24, 2.45) is 11.8 Å². The number of aliphatic hydroxyl groups excluding tert-OH is 3. The number of allylic oxidation sites excluding steroid dienone is 2. The van der Waals surface area contributed by atoms with Crippen molar-refractivity contribution in [3.05, 3.63) is 60.2 Å². The zero-order chi connectivity index (χ0) is 21.8. The number of rotatable bonds is 12. The number of hydrogen-bond acceptors (Lipinski definition) is 4. The lowest BCUT2D eigenvalue weighted by molar-refractivity contribution is -0.121. The van der Waals surface area contributed by atoms with E-state index in [4.69, 9.17) is 0 Å². The van der Waals surface area contributed by atoms with Crippen LogP contribution in [0.4, 0.5) is 0 Å².